The molecule has 0 unspecified atom stereocenters. The van der Waals surface area contributed by atoms with Crippen molar-refractivity contribution in [1.82, 2.24) is 10.4 Å². The van der Waals surface area contributed by atoms with Gasteiger partial charge in [-0.3, -0.25) is 10.2 Å². The molecule has 0 atom stereocenters. The molecule has 1 aromatic heterocycles. The zero-order valence-corrected chi connectivity index (χ0v) is 9.91. The first kappa shape index (κ1) is 12.1. The van der Waals surface area contributed by atoms with Crippen molar-refractivity contribution in [2.45, 2.75) is 0 Å². The molecule has 0 spiro atoms. The van der Waals surface area contributed by atoms with Crippen LogP contribution >= 0.6 is 11.6 Å². The molecule has 0 saturated carbocycles. The molecule has 1 aliphatic rings. The number of amides is 1. The number of morpholine rings is 1. The zero-order chi connectivity index (χ0) is 12.3. The number of carbonyl (C=O) groups is 1. The Balaban J connectivity index is 2.27. The van der Waals surface area contributed by atoms with Gasteiger partial charge >= 0.3 is 0 Å². The van der Waals surface area contributed by atoms with Gasteiger partial charge in [0.1, 0.15) is 11.5 Å². The Hall–Kier alpha value is -1.37. The molecular formula is C10H13ClN4O2. The number of pyridine rings is 1. The van der Waals surface area contributed by atoms with Crippen LogP contribution in [0.15, 0.2) is 12.1 Å². The van der Waals surface area contributed by atoms with Gasteiger partial charge in [-0.1, -0.05) is 11.6 Å². The van der Waals surface area contributed by atoms with Crippen molar-refractivity contribution in [2.24, 2.45) is 5.84 Å². The van der Waals surface area contributed by atoms with Gasteiger partial charge in [0.2, 0.25) is 0 Å². The largest absolute Gasteiger partial charge is 0.378 e. The molecule has 1 fully saturated rings. The maximum atomic E-state index is 11.4. The van der Waals surface area contributed by atoms with E-state index in [0.717, 1.165) is 13.1 Å². The highest BCUT2D eigenvalue weighted by molar-refractivity contribution is 6.31. The smallest absolute Gasteiger partial charge is 0.283 e. The maximum Gasteiger partial charge on any atom is 0.283 e. The Labute approximate surface area is 104 Å². The number of nitrogens with one attached hydrogen (secondary N) is 1. The number of nitrogens with two attached hydrogens (primary N) is 1. The minimum absolute atomic E-state index is 0.210. The zero-order valence-electron chi connectivity index (χ0n) is 9.15. The van der Waals surface area contributed by atoms with Gasteiger partial charge in [-0.2, -0.15) is 0 Å². The first-order valence-corrected chi connectivity index (χ1v) is 5.60. The fraction of sp³-hybridized carbons (Fsp3) is 0.400. The van der Waals surface area contributed by atoms with Crippen LogP contribution in [-0.2, 0) is 4.74 Å². The summed E-state index contributed by atoms with van der Waals surface area (Å²) >= 11 is 5.95. The van der Waals surface area contributed by atoms with Crippen molar-refractivity contribution >= 4 is 23.3 Å². The molecule has 0 aromatic carbocycles. The molecule has 1 saturated heterocycles. The summed E-state index contributed by atoms with van der Waals surface area (Å²) in [5.41, 5.74) is 2.25. The molecule has 92 valence electrons. The lowest BCUT2D eigenvalue weighted by Gasteiger charge is -2.28. The first-order chi connectivity index (χ1) is 8.20. The van der Waals surface area contributed by atoms with Crippen molar-refractivity contribution < 1.29 is 9.53 Å². The number of nitrogens with zero attached hydrogens (tertiary/aromatic N) is 2. The summed E-state index contributed by atoms with van der Waals surface area (Å²) < 4.78 is 5.25. The van der Waals surface area contributed by atoms with Gasteiger partial charge in [-0.05, 0) is 12.1 Å². The fourth-order valence-corrected chi connectivity index (χ4v) is 1.83. The van der Waals surface area contributed by atoms with Crippen molar-refractivity contribution in [3.05, 3.63) is 22.8 Å². The van der Waals surface area contributed by atoms with Crippen molar-refractivity contribution in [1.29, 1.82) is 0 Å². The predicted octanol–water partition coefficient (Wildman–Crippen LogP) is 0.175. The molecule has 17 heavy (non-hydrogen) atoms. The molecule has 3 N–H and O–H groups in total. The number of rotatable bonds is 2. The number of anilines is 1. The number of halogens is 1. The highest BCUT2D eigenvalue weighted by Crippen LogP contribution is 2.19. The van der Waals surface area contributed by atoms with Crippen molar-refractivity contribution in [3.63, 3.8) is 0 Å². The quantitative estimate of drug-likeness (QED) is 0.448. The number of ether oxygens (including phenoxy) is 1. The van der Waals surface area contributed by atoms with E-state index in [0.29, 0.717) is 24.1 Å². The highest BCUT2D eigenvalue weighted by Gasteiger charge is 2.15. The third-order valence-corrected chi connectivity index (χ3v) is 2.69. The SMILES string of the molecule is NNC(=O)c1cc(Cl)cc(N2CCOCC2)n1. The van der Waals surface area contributed by atoms with Gasteiger partial charge < -0.3 is 9.64 Å². The van der Waals surface area contributed by atoms with Crippen LogP contribution in [0.4, 0.5) is 5.82 Å². The van der Waals surface area contributed by atoms with E-state index in [9.17, 15) is 4.79 Å². The summed E-state index contributed by atoms with van der Waals surface area (Å²) in [6.45, 7) is 2.76. The average Bonchev–Trinajstić information content (AvgIpc) is 2.38. The Morgan fingerprint density at radius 1 is 1.47 bits per heavy atom. The van der Waals surface area contributed by atoms with Gasteiger partial charge in [0.15, 0.2) is 0 Å². The number of carbonyl (C=O) groups excluding carboxylic acids is 1. The molecule has 2 rings (SSSR count). The predicted molar refractivity (Wildman–Crippen MR) is 63.9 cm³/mol. The minimum Gasteiger partial charge on any atom is -0.378 e. The van der Waals surface area contributed by atoms with Crippen molar-refractivity contribution in [2.75, 3.05) is 31.2 Å². The molecule has 1 aliphatic heterocycles. The molecule has 1 aromatic rings. The van der Waals surface area contributed by atoms with Crippen LogP contribution in [0.1, 0.15) is 10.5 Å². The second-order valence-electron chi connectivity index (χ2n) is 3.60. The van der Waals surface area contributed by atoms with E-state index in [1.54, 1.807) is 6.07 Å². The van der Waals surface area contributed by atoms with Crippen LogP contribution < -0.4 is 16.2 Å². The van der Waals surface area contributed by atoms with Gasteiger partial charge in [-0.25, -0.2) is 10.8 Å². The van der Waals surface area contributed by atoms with E-state index in [1.807, 2.05) is 10.3 Å². The van der Waals surface area contributed by atoms with E-state index in [1.165, 1.54) is 6.07 Å². The highest BCUT2D eigenvalue weighted by atomic mass is 35.5. The van der Waals surface area contributed by atoms with Crippen LogP contribution in [0.2, 0.25) is 5.02 Å². The monoisotopic (exact) mass is 256 g/mol. The summed E-state index contributed by atoms with van der Waals surface area (Å²) in [6.07, 6.45) is 0. The van der Waals surface area contributed by atoms with Crippen LogP contribution in [0.3, 0.4) is 0 Å². The molecule has 2 heterocycles. The Morgan fingerprint density at radius 2 is 2.18 bits per heavy atom. The Morgan fingerprint density at radius 3 is 2.82 bits per heavy atom. The lowest BCUT2D eigenvalue weighted by Crippen LogP contribution is -2.37. The molecule has 7 heteroatoms. The molecule has 1 amide bonds. The summed E-state index contributed by atoms with van der Waals surface area (Å²) in [5, 5.41) is 0.458. The summed E-state index contributed by atoms with van der Waals surface area (Å²) in [7, 11) is 0. The molecule has 0 bridgehead atoms. The standard InChI is InChI=1S/C10H13ClN4O2/c11-7-5-8(10(16)14-12)13-9(6-7)15-1-3-17-4-2-15/h5-6H,1-4,12H2,(H,14,16). The maximum absolute atomic E-state index is 11.4. The molecular weight excluding hydrogens is 244 g/mol. The van der Waals surface area contributed by atoms with E-state index in [4.69, 9.17) is 22.2 Å². The van der Waals surface area contributed by atoms with Crippen LogP contribution in [-0.4, -0.2) is 37.2 Å². The van der Waals surface area contributed by atoms with E-state index in [2.05, 4.69) is 4.98 Å². The average molecular weight is 257 g/mol. The van der Waals surface area contributed by atoms with Crippen LogP contribution in [0.5, 0.6) is 0 Å². The Kier molecular flexibility index (Phi) is 3.78. The number of aromatic nitrogens is 1. The number of hydrogen-bond acceptors (Lipinski definition) is 5. The van der Waals surface area contributed by atoms with E-state index >= 15 is 0 Å². The van der Waals surface area contributed by atoms with E-state index in [-0.39, 0.29) is 5.69 Å². The third kappa shape index (κ3) is 2.85. The molecule has 0 radical (unpaired) electrons. The van der Waals surface area contributed by atoms with Gasteiger partial charge in [-0.15, -0.1) is 0 Å². The van der Waals surface area contributed by atoms with Crippen LogP contribution in [0.25, 0.3) is 0 Å². The summed E-state index contributed by atoms with van der Waals surface area (Å²) in [6, 6.07) is 3.20. The van der Waals surface area contributed by atoms with E-state index < -0.39 is 5.91 Å². The van der Waals surface area contributed by atoms with Crippen molar-refractivity contribution in [3.8, 4) is 0 Å². The van der Waals surface area contributed by atoms with Crippen LogP contribution in [0, 0.1) is 0 Å². The third-order valence-electron chi connectivity index (χ3n) is 2.48. The molecule has 6 nitrogen and oxygen atoms in total. The number of nitrogen functional groups attached to an aromatic ring is 1. The molecule has 0 aliphatic carbocycles. The lowest BCUT2D eigenvalue weighted by molar-refractivity contribution is 0.0948. The summed E-state index contributed by atoms with van der Waals surface area (Å²) in [4.78, 5) is 17.6. The minimum atomic E-state index is -0.456. The summed E-state index contributed by atoms with van der Waals surface area (Å²) in [5.74, 6) is 5.28. The second kappa shape index (κ2) is 5.31. The number of hydrazine groups is 1. The first-order valence-electron chi connectivity index (χ1n) is 5.22. The normalized spacial score (nSPS) is 15.8. The Bertz CT molecular complexity index is 421. The van der Waals surface area contributed by atoms with Gasteiger partial charge in [0, 0.05) is 18.1 Å². The topological polar surface area (TPSA) is 80.5 Å². The lowest BCUT2D eigenvalue weighted by atomic mass is 10.3. The number of hydrogen-bond donors (Lipinski definition) is 2. The van der Waals surface area contributed by atoms with Gasteiger partial charge in [0.25, 0.3) is 5.91 Å². The second-order valence-corrected chi connectivity index (χ2v) is 4.04. The fourth-order valence-electron chi connectivity index (χ4n) is 1.63. The van der Waals surface area contributed by atoms with Gasteiger partial charge in [0.05, 0.1) is 13.2 Å².